The van der Waals surface area contributed by atoms with Gasteiger partial charge in [-0.15, -0.1) is 10.2 Å². The molecule has 0 bridgehead atoms. The molecular formula is C18H25N7O3S. The summed E-state index contributed by atoms with van der Waals surface area (Å²) in [4.78, 5) is 40.8. The number of carbonyl (C=O) groups is 1. The van der Waals surface area contributed by atoms with Crippen molar-refractivity contribution in [3.8, 4) is 0 Å². The van der Waals surface area contributed by atoms with Crippen LogP contribution in [-0.4, -0.2) is 34.8 Å². The predicted molar refractivity (Wildman–Crippen MR) is 111 cm³/mol. The topological polar surface area (TPSA) is 117 Å². The number of aryl methyl sites for hydroxylation is 2. The lowest BCUT2D eigenvalue weighted by Crippen LogP contribution is -2.37. The molecule has 0 saturated carbocycles. The highest BCUT2D eigenvalue weighted by Gasteiger charge is 2.16. The molecule has 3 rings (SSSR count). The molecule has 0 fully saturated rings. The summed E-state index contributed by atoms with van der Waals surface area (Å²) >= 11 is 1.41. The van der Waals surface area contributed by atoms with E-state index in [1.807, 2.05) is 0 Å². The van der Waals surface area contributed by atoms with Crippen LogP contribution in [0.25, 0.3) is 11.2 Å². The van der Waals surface area contributed by atoms with Crippen LogP contribution in [0.1, 0.15) is 50.5 Å². The first-order valence-corrected chi connectivity index (χ1v) is 10.4. The number of anilines is 1. The number of aromatic nitrogens is 6. The lowest BCUT2D eigenvalue weighted by Gasteiger charge is -2.07. The summed E-state index contributed by atoms with van der Waals surface area (Å²) in [5.74, 6) is 0.216. The maximum Gasteiger partial charge on any atom is 0.332 e. The SMILES string of the molecule is CCC(CC)c1nnc(NC(=O)CCCn2cnc3c2c(=O)n(C)c(=O)n3C)s1. The van der Waals surface area contributed by atoms with Gasteiger partial charge in [-0.3, -0.25) is 18.7 Å². The minimum absolute atomic E-state index is 0.151. The largest absolute Gasteiger partial charge is 0.332 e. The third-order valence-corrected chi connectivity index (χ3v) is 6.04. The Morgan fingerprint density at radius 1 is 1.17 bits per heavy atom. The molecule has 0 spiro atoms. The van der Waals surface area contributed by atoms with Crippen LogP contribution in [0.5, 0.6) is 0 Å². The number of carbonyl (C=O) groups excluding carboxylic acids is 1. The van der Waals surface area contributed by atoms with Gasteiger partial charge in [0, 0.05) is 33.0 Å². The van der Waals surface area contributed by atoms with Crippen LogP contribution in [0.15, 0.2) is 15.9 Å². The van der Waals surface area contributed by atoms with E-state index in [4.69, 9.17) is 0 Å². The van der Waals surface area contributed by atoms with Crippen molar-refractivity contribution in [3.05, 3.63) is 32.2 Å². The number of hydrogen-bond acceptors (Lipinski definition) is 7. The summed E-state index contributed by atoms with van der Waals surface area (Å²) in [6.07, 6.45) is 4.29. The van der Waals surface area contributed by atoms with Crippen molar-refractivity contribution in [3.63, 3.8) is 0 Å². The van der Waals surface area contributed by atoms with Crippen LogP contribution < -0.4 is 16.6 Å². The third kappa shape index (κ3) is 4.14. The van der Waals surface area contributed by atoms with Crippen LogP contribution in [0, 0.1) is 0 Å². The van der Waals surface area contributed by atoms with Gasteiger partial charge < -0.3 is 9.88 Å². The minimum Gasteiger partial charge on any atom is -0.325 e. The van der Waals surface area contributed by atoms with Gasteiger partial charge in [0.25, 0.3) is 5.56 Å². The Balaban J connectivity index is 1.63. The maximum absolute atomic E-state index is 12.4. The van der Waals surface area contributed by atoms with Gasteiger partial charge in [0.05, 0.1) is 6.33 Å². The third-order valence-electron chi connectivity index (χ3n) is 5.04. The molecule has 1 N–H and O–H groups in total. The molecule has 3 aromatic heterocycles. The Hall–Kier alpha value is -2.82. The summed E-state index contributed by atoms with van der Waals surface area (Å²) < 4.78 is 4.08. The fourth-order valence-corrected chi connectivity index (χ4v) is 4.27. The summed E-state index contributed by atoms with van der Waals surface area (Å²) in [6, 6.07) is 0. The van der Waals surface area contributed by atoms with Gasteiger partial charge in [0.15, 0.2) is 11.2 Å². The first-order valence-electron chi connectivity index (χ1n) is 9.61. The molecule has 3 heterocycles. The summed E-state index contributed by atoms with van der Waals surface area (Å²) in [5, 5.41) is 12.5. The van der Waals surface area contributed by atoms with Gasteiger partial charge >= 0.3 is 5.69 Å². The Bertz CT molecular complexity index is 1140. The minimum atomic E-state index is -0.420. The van der Waals surface area contributed by atoms with E-state index in [1.165, 1.54) is 29.3 Å². The summed E-state index contributed by atoms with van der Waals surface area (Å²) in [7, 11) is 3.01. The standard InChI is InChI=1S/C18H25N7O3S/c1-5-11(6-2)15-21-22-17(29-15)20-12(26)8-7-9-25-10-19-14-13(25)16(27)24(4)18(28)23(14)3/h10-11H,5-9H2,1-4H3,(H,20,22,26). The van der Waals surface area contributed by atoms with Crippen molar-refractivity contribution in [2.75, 3.05) is 5.32 Å². The average Bonchev–Trinajstić information content (AvgIpc) is 3.33. The quantitative estimate of drug-likeness (QED) is 0.593. The fourth-order valence-electron chi connectivity index (χ4n) is 3.25. The highest BCUT2D eigenvalue weighted by molar-refractivity contribution is 7.15. The maximum atomic E-state index is 12.4. The van der Waals surface area contributed by atoms with Crippen LogP contribution in [-0.2, 0) is 25.4 Å². The van der Waals surface area contributed by atoms with Crippen molar-refractivity contribution in [2.24, 2.45) is 14.1 Å². The van der Waals surface area contributed by atoms with E-state index in [0.29, 0.717) is 35.2 Å². The number of nitrogens with one attached hydrogen (secondary N) is 1. The Kier molecular flexibility index (Phi) is 6.26. The van der Waals surface area contributed by atoms with E-state index < -0.39 is 11.2 Å². The van der Waals surface area contributed by atoms with E-state index in [0.717, 1.165) is 22.4 Å². The van der Waals surface area contributed by atoms with Gasteiger partial charge in [-0.05, 0) is 19.3 Å². The van der Waals surface area contributed by atoms with Crippen LogP contribution >= 0.6 is 11.3 Å². The van der Waals surface area contributed by atoms with Crippen molar-refractivity contribution < 1.29 is 4.79 Å². The van der Waals surface area contributed by atoms with Crippen molar-refractivity contribution in [1.29, 1.82) is 0 Å². The fraction of sp³-hybridized carbons (Fsp3) is 0.556. The molecule has 10 nitrogen and oxygen atoms in total. The molecule has 1 amide bonds. The molecule has 0 radical (unpaired) electrons. The highest BCUT2D eigenvalue weighted by Crippen LogP contribution is 2.28. The molecule has 0 atom stereocenters. The monoisotopic (exact) mass is 419 g/mol. The molecule has 29 heavy (non-hydrogen) atoms. The molecule has 0 saturated heterocycles. The van der Waals surface area contributed by atoms with Crippen molar-refractivity contribution >= 4 is 33.5 Å². The van der Waals surface area contributed by atoms with E-state index in [9.17, 15) is 14.4 Å². The molecule has 11 heteroatoms. The highest BCUT2D eigenvalue weighted by atomic mass is 32.1. The number of rotatable bonds is 8. The van der Waals surface area contributed by atoms with Gasteiger partial charge in [0.1, 0.15) is 5.01 Å². The second-order valence-electron chi connectivity index (χ2n) is 6.93. The molecule has 3 aromatic rings. The van der Waals surface area contributed by atoms with Gasteiger partial charge in [0.2, 0.25) is 11.0 Å². The summed E-state index contributed by atoms with van der Waals surface area (Å²) in [5.41, 5.74) is -0.121. The van der Waals surface area contributed by atoms with E-state index >= 15 is 0 Å². The summed E-state index contributed by atoms with van der Waals surface area (Å²) in [6.45, 7) is 4.66. The van der Waals surface area contributed by atoms with Crippen LogP contribution in [0.2, 0.25) is 0 Å². The van der Waals surface area contributed by atoms with Gasteiger partial charge in [-0.25, -0.2) is 9.78 Å². The van der Waals surface area contributed by atoms with Gasteiger partial charge in [-0.1, -0.05) is 25.2 Å². The second-order valence-corrected chi connectivity index (χ2v) is 7.94. The van der Waals surface area contributed by atoms with Crippen molar-refractivity contribution in [1.82, 2.24) is 28.9 Å². The number of imidazole rings is 1. The molecule has 156 valence electrons. The predicted octanol–water partition coefficient (Wildman–Crippen LogP) is 1.61. The Morgan fingerprint density at radius 3 is 2.59 bits per heavy atom. The first kappa shape index (κ1) is 20.9. The number of nitrogens with zero attached hydrogens (tertiary/aromatic N) is 6. The molecule has 0 aliphatic rings. The zero-order chi connectivity index (χ0) is 21.1. The Labute approximate surface area is 171 Å². The smallest absolute Gasteiger partial charge is 0.325 e. The lowest BCUT2D eigenvalue weighted by molar-refractivity contribution is -0.116. The molecule has 0 aliphatic carbocycles. The van der Waals surface area contributed by atoms with Crippen LogP contribution in [0.4, 0.5) is 5.13 Å². The zero-order valence-corrected chi connectivity index (χ0v) is 17.8. The Morgan fingerprint density at radius 2 is 1.90 bits per heavy atom. The van der Waals surface area contributed by atoms with E-state index in [1.54, 1.807) is 11.6 Å². The van der Waals surface area contributed by atoms with Crippen LogP contribution in [0.3, 0.4) is 0 Å². The number of amides is 1. The lowest BCUT2D eigenvalue weighted by atomic mass is 10.1. The molecule has 0 aromatic carbocycles. The first-order chi connectivity index (χ1) is 13.9. The van der Waals surface area contributed by atoms with Gasteiger partial charge in [-0.2, -0.15) is 0 Å². The van der Waals surface area contributed by atoms with E-state index in [-0.39, 0.29) is 12.3 Å². The second kappa shape index (κ2) is 8.68. The molecule has 0 aliphatic heterocycles. The van der Waals surface area contributed by atoms with E-state index in [2.05, 4.69) is 34.3 Å². The van der Waals surface area contributed by atoms with Crippen molar-refractivity contribution in [2.45, 2.75) is 52.0 Å². The number of hydrogen-bond donors (Lipinski definition) is 1. The average molecular weight is 420 g/mol. The number of fused-ring (bicyclic) bond motifs is 1. The molecule has 0 unspecified atom stereocenters. The normalized spacial score (nSPS) is 11.5. The molecular weight excluding hydrogens is 394 g/mol. The zero-order valence-electron chi connectivity index (χ0n) is 17.0.